The minimum Gasteiger partial charge on any atom is -0.454 e. The Hall–Kier alpha value is -3.15. The number of hydrogen-bond acceptors (Lipinski definition) is 4. The standard InChI is InChI=1S/C21H24N2O4/c1-15-8-9-18(12-16(15)2)21(26)23-13-20(25)27-14-19(24)22-11-10-17-6-4-3-5-7-17/h3-9,12H,10-11,13-14H2,1-2H3,(H,22,24)(H,23,26). The van der Waals surface area contributed by atoms with Gasteiger partial charge >= 0.3 is 5.97 Å². The number of aryl methyl sites for hydroxylation is 2. The lowest BCUT2D eigenvalue weighted by atomic mass is 10.1. The fourth-order valence-corrected chi connectivity index (χ4v) is 2.38. The Labute approximate surface area is 158 Å². The van der Waals surface area contributed by atoms with Crippen LogP contribution in [0.2, 0.25) is 0 Å². The Balaban J connectivity index is 1.64. The Bertz CT molecular complexity index is 803. The zero-order chi connectivity index (χ0) is 19.6. The van der Waals surface area contributed by atoms with Gasteiger partial charge in [0.1, 0.15) is 6.54 Å². The molecule has 142 valence electrons. The van der Waals surface area contributed by atoms with E-state index in [9.17, 15) is 14.4 Å². The van der Waals surface area contributed by atoms with Gasteiger partial charge < -0.3 is 15.4 Å². The number of carbonyl (C=O) groups excluding carboxylic acids is 3. The van der Waals surface area contributed by atoms with Crippen molar-refractivity contribution in [1.29, 1.82) is 0 Å². The minimum absolute atomic E-state index is 0.289. The summed E-state index contributed by atoms with van der Waals surface area (Å²) < 4.78 is 4.87. The van der Waals surface area contributed by atoms with Crippen LogP contribution >= 0.6 is 0 Å². The number of ether oxygens (including phenoxy) is 1. The molecule has 6 nitrogen and oxygen atoms in total. The molecule has 0 spiro atoms. The Kier molecular flexibility index (Phi) is 7.55. The zero-order valence-corrected chi connectivity index (χ0v) is 15.6. The summed E-state index contributed by atoms with van der Waals surface area (Å²) in [6.45, 7) is 3.68. The van der Waals surface area contributed by atoms with E-state index in [-0.39, 0.29) is 25.0 Å². The lowest BCUT2D eigenvalue weighted by Crippen LogP contribution is -2.34. The highest BCUT2D eigenvalue weighted by molar-refractivity contribution is 5.96. The number of esters is 1. The SMILES string of the molecule is Cc1ccc(C(=O)NCC(=O)OCC(=O)NCCc2ccccc2)cc1C. The van der Waals surface area contributed by atoms with Crippen LogP contribution in [0.15, 0.2) is 48.5 Å². The molecular weight excluding hydrogens is 344 g/mol. The molecule has 2 aromatic carbocycles. The van der Waals surface area contributed by atoms with Crippen molar-refractivity contribution >= 4 is 17.8 Å². The van der Waals surface area contributed by atoms with Crippen molar-refractivity contribution in [3.63, 3.8) is 0 Å². The van der Waals surface area contributed by atoms with Crippen molar-refractivity contribution in [2.45, 2.75) is 20.3 Å². The number of rotatable bonds is 8. The van der Waals surface area contributed by atoms with E-state index in [1.54, 1.807) is 12.1 Å². The van der Waals surface area contributed by atoms with Crippen molar-refractivity contribution in [3.8, 4) is 0 Å². The Morgan fingerprint density at radius 1 is 0.926 bits per heavy atom. The predicted octanol–water partition coefficient (Wildman–Crippen LogP) is 1.94. The van der Waals surface area contributed by atoms with E-state index in [2.05, 4.69) is 10.6 Å². The highest BCUT2D eigenvalue weighted by Crippen LogP contribution is 2.09. The number of nitrogens with one attached hydrogen (secondary N) is 2. The van der Waals surface area contributed by atoms with E-state index in [0.29, 0.717) is 18.5 Å². The second-order valence-corrected chi connectivity index (χ2v) is 6.23. The molecule has 0 unspecified atom stereocenters. The first kappa shape index (κ1) is 20.2. The molecule has 0 bridgehead atoms. The van der Waals surface area contributed by atoms with Crippen LogP contribution in [0.5, 0.6) is 0 Å². The molecule has 0 saturated carbocycles. The Morgan fingerprint density at radius 3 is 2.37 bits per heavy atom. The predicted molar refractivity (Wildman–Crippen MR) is 102 cm³/mol. The van der Waals surface area contributed by atoms with Crippen LogP contribution in [0, 0.1) is 13.8 Å². The zero-order valence-electron chi connectivity index (χ0n) is 15.6. The van der Waals surface area contributed by atoms with E-state index in [1.165, 1.54) is 0 Å². The van der Waals surface area contributed by atoms with Gasteiger partial charge in [0.25, 0.3) is 11.8 Å². The van der Waals surface area contributed by atoms with Crippen molar-refractivity contribution < 1.29 is 19.1 Å². The summed E-state index contributed by atoms with van der Waals surface area (Å²) in [5.74, 6) is -1.40. The molecule has 0 heterocycles. The van der Waals surface area contributed by atoms with Crippen LogP contribution in [0.1, 0.15) is 27.0 Å². The van der Waals surface area contributed by atoms with Gasteiger partial charge in [0.15, 0.2) is 6.61 Å². The molecule has 0 aliphatic rings. The van der Waals surface area contributed by atoms with Gasteiger partial charge in [-0.05, 0) is 49.1 Å². The molecular formula is C21H24N2O4. The number of hydrogen-bond donors (Lipinski definition) is 2. The summed E-state index contributed by atoms with van der Waals surface area (Å²) in [6.07, 6.45) is 0.701. The largest absolute Gasteiger partial charge is 0.454 e. The molecule has 0 aliphatic carbocycles. The lowest BCUT2D eigenvalue weighted by Gasteiger charge is -2.08. The van der Waals surface area contributed by atoms with Gasteiger partial charge in [-0.15, -0.1) is 0 Å². The van der Waals surface area contributed by atoms with E-state index >= 15 is 0 Å². The van der Waals surface area contributed by atoms with Gasteiger partial charge in [-0.2, -0.15) is 0 Å². The van der Waals surface area contributed by atoms with E-state index in [0.717, 1.165) is 16.7 Å². The van der Waals surface area contributed by atoms with E-state index in [1.807, 2.05) is 50.2 Å². The molecule has 0 atom stereocenters. The minimum atomic E-state index is -0.662. The first-order valence-electron chi connectivity index (χ1n) is 8.77. The fraction of sp³-hybridized carbons (Fsp3) is 0.286. The molecule has 27 heavy (non-hydrogen) atoms. The third-order valence-electron chi connectivity index (χ3n) is 4.11. The summed E-state index contributed by atoms with van der Waals surface area (Å²) in [4.78, 5) is 35.4. The quantitative estimate of drug-likeness (QED) is 0.698. The second kappa shape index (κ2) is 10.1. The maximum absolute atomic E-state index is 12.0. The van der Waals surface area contributed by atoms with E-state index in [4.69, 9.17) is 4.74 Å². The summed E-state index contributed by atoms with van der Waals surface area (Å²) in [7, 11) is 0. The van der Waals surface area contributed by atoms with Crippen LogP contribution in [0.4, 0.5) is 0 Å². The molecule has 0 radical (unpaired) electrons. The monoisotopic (exact) mass is 368 g/mol. The maximum atomic E-state index is 12.0. The second-order valence-electron chi connectivity index (χ2n) is 6.23. The highest BCUT2D eigenvalue weighted by atomic mass is 16.5. The van der Waals surface area contributed by atoms with Crippen LogP contribution in [0.3, 0.4) is 0 Å². The van der Waals surface area contributed by atoms with Gasteiger partial charge in [-0.1, -0.05) is 36.4 Å². The van der Waals surface area contributed by atoms with Crippen LogP contribution in [0.25, 0.3) is 0 Å². The fourth-order valence-electron chi connectivity index (χ4n) is 2.38. The lowest BCUT2D eigenvalue weighted by molar-refractivity contribution is -0.147. The molecule has 0 saturated heterocycles. The van der Waals surface area contributed by atoms with E-state index < -0.39 is 5.97 Å². The number of benzene rings is 2. The highest BCUT2D eigenvalue weighted by Gasteiger charge is 2.11. The van der Waals surface area contributed by atoms with Gasteiger partial charge in [-0.25, -0.2) is 0 Å². The molecule has 0 aliphatic heterocycles. The smallest absolute Gasteiger partial charge is 0.325 e. The molecule has 6 heteroatoms. The molecule has 0 aromatic heterocycles. The third kappa shape index (κ3) is 6.93. The first-order valence-corrected chi connectivity index (χ1v) is 8.77. The normalized spacial score (nSPS) is 10.1. The molecule has 2 N–H and O–H groups in total. The average Bonchev–Trinajstić information content (AvgIpc) is 2.67. The summed E-state index contributed by atoms with van der Waals surface area (Å²) in [5, 5.41) is 5.17. The summed E-state index contributed by atoms with van der Waals surface area (Å²) in [6, 6.07) is 15.1. The molecule has 2 rings (SSSR count). The summed E-state index contributed by atoms with van der Waals surface area (Å²) in [5.41, 5.74) is 3.68. The Morgan fingerprint density at radius 2 is 1.67 bits per heavy atom. The van der Waals surface area contributed by atoms with Crippen molar-refractivity contribution in [2.75, 3.05) is 19.7 Å². The molecule has 2 amide bonds. The topological polar surface area (TPSA) is 84.5 Å². The molecule has 0 fully saturated rings. The number of amides is 2. The van der Waals surface area contributed by atoms with Gasteiger partial charge in [0.2, 0.25) is 0 Å². The van der Waals surface area contributed by atoms with Crippen LogP contribution in [-0.2, 0) is 20.7 Å². The van der Waals surface area contributed by atoms with Crippen molar-refractivity contribution in [2.24, 2.45) is 0 Å². The summed E-state index contributed by atoms with van der Waals surface area (Å²) >= 11 is 0. The third-order valence-corrected chi connectivity index (χ3v) is 4.11. The van der Waals surface area contributed by atoms with Gasteiger partial charge in [-0.3, -0.25) is 14.4 Å². The van der Waals surface area contributed by atoms with Crippen LogP contribution < -0.4 is 10.6 Å². The van der Waals surface area contributed by atoms with Crippen molar-refractivity contribution in [3.05, 3.63) is 70.8 Å². The first-order chi connectivity index (χ1) is 13.0. The van der Waals surface area contributed by atoms with Gasteiger partial charge in [0, 0.05) is 12.1 Å². The van der Waals surface area contributed by atoms with Gasteiger partial charge in [0.05, 0.1) is 0 Å². The van der Waals surface area contributed by atoms with Crippen molar-refractivity contribution in [1.82, 2.24) is 10.6 Å². The average molecular weight is 368 g/mol. The molecule has 2 aromatic rings. The van der Waals surface area contributed by atoms with Crippen LogP contribution in [-0.4, -0.2) is 37.5 Å². The maximum Gasteiger partial charge on any atom is 0.325 e. The number of carbonyl (C=O) groups is 3.